The van der Waals surface area contributed by atoms with Crippen molar-refractivity contribution >= 4 is 23.3 Å². The summed E-state index contributed by atoms with van der Waals surface area (Å²) in [7, 11) is 0. The van der Waals surface area contributed by atoms with Crippen LogP contribution in [0.25, 0.3) is 5.57 Å². The molecule has 0 bridgehead atoms. The lowest BCUT2D eigenvalue weighted by atomic mass is 9.89. The molecule has 2 aromatic carbocycles. The van der Waals surface area contributed by atoms with E-state index < -0.39 is 17.7 Å². The van der Waals surface area contributed by atoms with Gasteiger partial charge < -0.3 is 4.74 Å². The first kappa shape index (κ1) is 21.5. The summed E-state index contributed by atoms with van der Waals surface area (Å²) in [5, 5.41) is -0.407. The van der Waals surface area contributed by atoms with Gasteiger partial charge in [0.2, 0.25) is 0 Å². The molecule has 1 aliphatic rings. The van der Waals surface area contributed by atoms with Crippen molar-refractivity contribution in [1.82, 2.24) is 0 Å². The Hall–Kier alpha value is -2.21. The van der Waals surface area contributed by atoms with Crippen molar-refractivity contribution < 1.29 is 22.7 Å². The van der Waals surface area contributed by atoms with E-state index in [0.29, 0.717) is 16.7 Å². The van der Waals surface area contributed by atoms with Crippen molar-refractivity contribution in [3.63, 3.8) is 0 Å². The zero-order valence-electron chi connectivity index (χ0n) is 16.5. The maximum absolute atomic E-state index is 13.3. The summed E-state index contributed by atoms with van der Waals surface area (Å²) in [5.41, 5.74) is 1.72. The number of alkyl halides is 3. The highest BCUT2D eigenvalue weighted by Crippen LogP contribution is 2.55. The Balaban J connectivity index is 2.24. The van der Waals surface area contributed by atoms with Crippen LogP contribution in [0.2, 0.25) is 0 Å². The van der Waals surface area contributed by atoms with E-state index in [1.165, 1.54) is 6.07 Å². The van der Waals surface area contributed by atoms with Crippen molar-refractivity contribution in [3.05, 3.63) is 76.9 Å². The standard InChI is InChI=1S/C23H23F3O2S/c1-4-28-22(27)19-18(16-11-8-12-17(13-16)23(24,25)26)21(29-20(19)14(2)3)15-9-6-5-7-10-15/h5-14,20-21H,4H2,1-3H3. The third kappa shape index (κ3) is 4.53. The van der Waals surface area contributed by atoms with Gasteiger partial charge in [0.1, 0.15) is 0 Å². The Morgan fingerprint density at radius 3 is 2.38 bits per heavy atom. The molecular formula is C23H23F3O2S. The molecule has 0 spiro atoms. The summed E-state index contributed by atoms with van der Waals surface area (Å²) in [6, 6.07) is 14.8. The maximum Gasteiger partial charge on any atom is 0.416 e. The lowest BCUT2D eigenvalue weighted by Gasteiger charge is -2.18. The van der Waals surface area contributed by atoms with Crippen LogP contribution >= 0.6 is 11.8 Å². The minimum atomic E-state index is -4.45. The molecular weight excluding hydrogens is 397 g/mol. The molecule has 29 heavy (non-hydrogen) atoms. The normalized spacial score (nSPS) is 19.7. The predicted octanol–water partition coefficient (Wildman–Crippen LogP) is 6.53. The SMILES string of the molecule is CCOC(=O)C1=C(c2cccc(C(F)(F)F)c2)C(c2ccccc2)SC1C(C)C. The van der Waals surface area contributed by atoms with Crippen LogP contribution in [0.1, 0.15) is 42.7 Å². The lowest BCUT2D eigenvalue weighted by molar-refractivity contribution is -0.139. The van der Waals surface area contributed by atoms with Crippen LogP contribution in [0.15, 0.2) is 60.2 Å². The fourth-order valence-electron chi connectivity index (χ4n) is 3.55. The quantitative estimate of drug-likeness (QED) is 0.514. The van der Waals surface area contributed by atoms with E-state index in [4.69, 9.17) is 4.74 Å². The monoisotopic (exact) mass is 420 g/mol. The van der Waals surface area contributed by atoms with Crippen molar-refractivity contribution in [2.24, 2.45) is 5.92 Å². The van der Waals surface area contributed by atoms with E-state index in [0.717, 1.165) is 17.7 Å². The van der Waals surface area contributed by atoms with Gasteiger partial charge in [0.05, 0.1) is 23.0 Å². The van der Waals surface area contributed by atoms with Crippen molar-refractivity contribution in [2.45, 2.75) is 37.4 Å². The molecule has 0 aromatic heterocycles. The second-order valence-electron chi connectivity index (χ2n) is 7.22. The molecule has 0 saturated heterocycles. The molecule has 6 heteroatoms. The highest BCUT2D eigenvalue weighted by atomic mass is 32.2. The Kier molecular flexibility index (Phi) is 6.42. The summed E-state index contributed by atoms with van der Waals surface area (Å²) in [6.07, 6.45) is -4.45. The predicted molar refractivity (Wildman–Crippen MR) is 110 cm³/mol. The van der Waals surface area contributed by atoms with Crippen LogP contribution in [0.4, 0.5) is 13.2 Å². The van der Waals surface area contributed by atoms with Crippen LogP contribution in [-0.2, 0) is 15.7 Å². The molecule has 0 aliphatic carbocycles. The van der Waals surface area contributed by atoms with Crippen LogP contribution in [0, 0.1) is 5.92 Å². The molecule has 2 atom stereocenters. The van der Waals surface area contributed by atoms with E-state index in [1.807, 2.05) is 44.2 Å². The van der Waals surface area contributed by atoms with E-state index in [1.54, 1.807) is 24.8 Å². The summed E-state index contributed by atoms with van der Waals surface area (Å²) in [5.74, 6) is -0.335. The highest BCUT2D eigenvalue weighted by molar-refractivity contribution is 8.01. The molecule has 1 aliphatic heterocycles. The van der Waals surface area contributed by atoms with Crippen molar-refractivity contribution in [2.75, 3.05) is 6.61 Å². The van der Waals surface area contributed by atoms with Crippen molar-refractivity contribution in [1.29, 1.82) is 0 Å². The number of esters is 1. The zero-order chi connectivity index (χ0) is 21.2. The van der Waals surface area contributed by atoms with Gasteiger partial charge in [-0.05, 0) is 41.7 Å². The van der Waals surface area contributed by atoms with Gasteiger partial charge >= 0.3 is 12.1 Å². The molecule has 2 unspecified atom stereocenters. The average Bonchev–Trinajstić information content (AvgIpc) is 3.09. The van der Waals surface area contributed by atoms with Gasteiger partial charge in [-0.2, -0.15) is 13.2 Å². The number of hydrogen-bond donors (Lipinski definition) is 0. The summed E-state index contributed by atoms with van der Waals surface area (Å²) in [6.45, 7) is 5.95. The Morgan fingerprint density at radius 1 is 1.10 bits per heavy atom. The molecule has 2 aromatic rings. The molecule has 2 nitrogen and oxygen atoms in total. The number of ether oxygens (including phenoxy) is 1. The van der Waals surface area contributed by atoms with Gasteiger partial charge in [0, 0.05) is 5.25 Å². The number of halogens is 3. The molecule has 0 radical (unpaired) electrons. The molecule has 0 N–H and O–H groups in total. The number of carbonyl (C=O) groups is 1. The molecule has 154 valence electrons. The van der Waals surface area contributed by atoms with E-state index in [-0.39, 0.29) is 23.0 Å². The smallest absolute Gasteiger partial charge is 0.416 e. The number of carbonyl (C=O) groups excluding carboxylic acids is 1. The minimum Gasteiger partial charge on any atom is -0.463 e. The molecule has 3 rings (SSSR count). The second kappa shape index (κ2) is 8.66. The van der Waals surface area contributed by atoms with Gasteiger partial charge in [0.15, 0.2) is 0 Å². The van der Waals surface area contributed by atoms with Crippen LogP contribution in [-0.4, -0.2) is 17.8 Å². The van der Waals surface area contributed by atoms with Gasteiger partial charge in [0.25, 0.3) is 0 Å². The van der Waals surface area contributed by atoms with Crippen LogP contribution in [0.3, 0.4) is 0 Å². The zero-order valence-corrected chi connectivity index (χ0v) is 17.3. The second-order valence-corrected chi connectivity index (χ2v) is 8.47. The fourth-order valence-corrected chi connectivity index (χ4v) is 5.23. The Labute approximate surface area is 173 Å². The number of benzene rings is 2. The minimum absolute atomic E-state index is 0.119. The molecule has 0 saturated carbocycles. The molecule has 0 amide bonds. The Morgan fingerprint density at radius 2 is 1.79 bits per heavy atom. The molecule has 1 heterocycles. The van der Waals surface area contributed by atoms with Gasteiger partial charge in [-0.1, -0.05) is 56.3 Å². The number of hydrogen-bond acceptors (Lipinski definition) is 3. The van der Waals surface area contributed by atoms with Gasteiger partial charge in [-0.25, -0.2) is 4.79 Å². The first-order valence-corrected chi connectivity index (χ1v) is 10.5. The maximum atomic E-state index is 13.3. The lowest BCUT2D eigenvalue weighted by Crippen LogP contribution is -2.20. The third-order valence-corrected chi connectivity index (χ3v) is 6.68. The third-order valence-electron chi connectivity index (χ3n) is 4.82. The summed E-state index contributed by atoms with van der Waals surface area (Å²) in [4.78, 5) is 12.9. The van der Waals surface area contributed by atoms with Crippen molar-refractivity contribution in [3.8, 4) is 0 Å². The molecule has 0 fully saturated rings. The first-order chi connectivity index (χ1) is 13.7. The average molecular weight is 420 g/mol. The van der Waals surface area contributed by atoms with E-state index >= 15 is 0 Å². The topological polar surface area (TPSA) is 26.3 Å². The number of rotatable bonds is 5. The first-order valence-electron chi connectivity index (χ1n) is 9.53. The van der Waals surface area contributed by atoms with E-state index in [2.05, 4.69) is 0 Å². The number of thioether (sulfide) groups is 1. The van der Waals surface area contributed by atoms with E-state index in [9.17, 15) is 18.0 Å². The highest BCUT2D eigenvalue weighted by Gasteiger charge is 2.42. The van der Waals surface area contributed by atoms with Crippen LogP contribution in [0.5, 0.6) is 0 Å². The van der Waals surface area contributed by atoms with Gasteiger partial charge in [-0.15, -0.1) is 11.8 Å². The van der Waals surface area contributed by atoms with Crippen LogP contribution < -0.4 is 0 Å². The fraction of sp³-hybridized carbons (Fsp3) is 0.348. The Bertz CT molecular complexity index is 904. The summed E-state index contributed by atoms with van der Waals surface area (Å²) >= 11 is 1.59. The van der Waals surface area contributed by atoms with Gasteiger partial charge in [-0.3, -0.25) is 0 Å². The summed E-state index contributed by atoms with van der Waals surface area (Å²) < 4.78 is 45.3. The largest absolute Gasteiger partial charge is 0.463 e.